The highest BCUT2D eigenvalue weighted by molar-refractivity contribution is 9.10. The topological polar surface area (TPSA) is 85.3 Å². The quantitative estimate of drug-likeness (QED) is 0.151. The maximum absolute atomic E-state index is 13.9. The van der Waals surface area contributed by atoms with Gasteiger partial charge in [-0.2, -0.15) is 5.10 Å². The third-order valence-electron chi connectivity index (χ3n) is 6.19. The Bertz CT molecular complexity index is 1440. The van der Waals surface area contributed by atoms with Gasteiger partial charge in [0, 0.05) is 31.5 Å². The maximum atomic E-state index is 13.9. The van der Waals surface area contributed by atoms with Crippen LogP contribution in [0.15, 0.2) is 21.5 Å². The number of alkyl halides is 2. The zero-order valence-corrected chi connectivity index (χ0v) is 24.6. The summed E-state index contributed by atoms with van der Waals surface area (Å²) in [6, 6.07) is 4.10. The van der Waals surface area contributed by atoms with Crippen LogP contribution in [0.4, 0.5) is 8.78 Å². The summed E-state index contributed by atoms with van der Waals surface area (Å²) in [7, 11) is -3.60. The summed E-state index contributed by atoms with van der Waals surface area (Å²) < 4.78 is 57.5. The number of aryl methyl sites for hydroxylation is 1. The maximum Gasteiger partial charge on any atom is 0.301 e. The van der Waals surface area contributed by atoms with Crippen molar-refractivity contribution in [3.63, 3.8) is 0 Å². The minimum Gasteiger partial charge on any atom is -0.292 e. The Balaban J connectivity index is 1.75. The Labute approximate surface area is 222 Å². The summed E-state index contributed by atoms with van der Waals surface area (Å²) >= 11 is 4.19. The van der Waals surface area contributed by atoms with Crippen LogP contribution in [0.1, 0.15) is 37.1 Å². The minimum atomic E-state index is -4.02. The van der Waals surface area contributed by atoms with Crippen LogP contribution in [0.25, 0.3) is 26.4 Å². The van der Waals surface area contributed by atoms with Gasteiger partial charge >= 0.3 is 5.66 Å². The lowest BCUT2D eigenvalue weighted by atomic mass is 10.2. The number of hydrogen-bond acceptors (Lipinski definition) is 6. The average molecular weight is 618 g/mol. The number of nitrogens with zero attached hydrogens (tertiary/aromatic N) is 6. The van der Waals surface area contributed by atoms with Crippen molar-refractivity contribution in [3.05, 3.63) is 33.0 Å². The monoisotopic (exact) mass is 616 g/mol. The van der Waals surface area contributed by atoms with Gasteiger partial charge in [0.2, 0.25) is 10.0 Å². The van der Waals surface area contributed by atoms with Crippen LogP contribution >= 0.6 is 27.3 Å². The van der Waals surface area contributed by atoms with Crippen molar-refractivity contribution < 1.29 is 17.2 Å². The van der Waals surface area contributed by atoms with E-state index in [1.807, 2.05) is 0 Å². The number of fused-ring (bicyclic) bond motifs is 1. The summed E-state index contributed by atoms with van der Waals surface area (Å²) in [5.74, 6) is 0. The number of halogens is 3. The van der Waals surface area contributed by atoms with Gasteiger partial charge in [-0.25, -0.2) is 23.8 Å². The Kier molecular flexibility index (Phi) is 7.44. The van der Waals surface area contributed by atoms with Crippen molar-refractivity contribution in [2.75, 3.05) is 6.54 Å². The molecule has 4 rings (SSSR count). The molecular formula is C22H27BrF2N6O2S2Si. The molecule has 1 aliphatic carbocycles. The first-order valence-electron chi connectivity index (χ1n) is 11.5. The van der Waals surface area contributed by atoms with Crippen LogP contribution in [-0.4, -0.2) is 53.0 Å². The Morgan fingerprint density at radius 2 is 1.97 bits per heavy atom. The molecule has 36 heavy (non-hydrogen) atoms. The highest BCUT2D eigenvalue weighted by atomic mass is 79.9. The number of benzene rings is 1. The van der Waals surface area contributed by atoms with Crippen molar-refractivity contribution in [3.8, 4) is 10.7 Å². The molecule has 1 fully saturated rings. The smallest absolute Gasteiger partial charge is 0.292 e. The standard InChI is InChI=1S/C22H27BrF2N6O2S2Si/c1-26-22(8-9-22)31(10-6-7-11-36(3,4)5)35(32,33)14-12-15-17(20-27-28-21(34-20)19(24)25)29-30(2)18(15)16(23)13-14/h12-13,19H,6-11H2,2-5H3. The molecule has 0 bridgehead atoms. The van der Waals surface area contributed by atoms with Gasteiger partial charge in [-0.1, -0.05) is 43.4 Å². The lowest BCUT2D eigenvalue weighted by Gasteiger charge is -2.24. The van der Waals surface area contributed by atoms with E-state index >= 15 is 0 Å². The molecule has 0 unspecified atom stereocenters. The molecule has 0 spiro atoms. The van der Waals surface area contributed by atoms with Gasteiger partial charge in [-0.3, -0.25) is 9.53 Å². The van der Waals surface area contributed by atoms with Crippen LogP contribution in [0.5, 0.6) is 0 Å². The van der Waals surface area contributed by atoms with Crippen molar-refractivity contribution in [1.82, 2.24) is 24.3 Å². The van der Waals surface area contributed by atoms with E-state index in [9.17, 15) is 17.2 Å². The molecule has 1 saturated carbocycles. The number of rotatable bonds is 10. The number of aromatic nitrogens is 4. The molecule has 0 radical (unpaired) electrons. The lowest BCUT2D eigenvalue weighted by Crippen LogP contribution is -2.41. The highest BCUT2D eigenvalue weighted by Gasteiger charge is 2.60. The number of unbranched alkanes of at least 4 members (excludes halogenated alkanes) is 1. The summed E-state index contributed by atoms with van der Waals surface area (Å²) in [4.78, 5) is 3.74. The molecule has 1 aliphatic rings. The molecule has 1 aromatic carbocycles. The van der Waals surface area contributed by atoms with Crippen LogP contribution in [0, 0.1) is 6.57 Å². The van der Waals surface area contributed by atoms with Gasteiger partial charge in [-0.05, 0) is 34.5 Å². The van der Waals surface area contributed by atoms with E-state index in [1.165, 1.54) is 16.4 Å². The molecule has 2 heterocycles. The fourth-order valence-corrected chi connectivity index (χ4v) is 8.89. The van der Waals surface area contributed by atoms with Crippen molar-refractivity contribution in [1.29, 1.82) is 0 Å². The van der Waals surface area contributed by atoms with Crippen molar-refractivity contribution in [2.45, 2.75) is 68.4 Å². The van der Waals surface area contributed by atoms with E-state index in [0.717, 1.165) is 23.8 Å². The van der Waals surface area contributed by atoms with Crippen LogP contribution in [0.2, 0.25) is 25.7 Å². The van der Waals surface area contributed by atoms with E-state index in [4.69, 9.17) is 6.57 Å². The Hall–Kier alpha value is -1.79. The molecule has 0 atom stereocenters. The third kappa shape index (κ3) is 5.26. The third-order valence-corrected chi connectivity index (χ3v) is 11.5. The van der Waals surface area contributed by atoms with Crippen molar-refractivity contribution in [2.24, 2.45) is 7.05 Å². The van der Waals surface area contributed by atoms with E-state index in [2.05, 4.69) is 55.7 Å². The number of sulfonamides is 1. The second kappa shape index (κ2) is 9.83. The first-order valence-corrected chi connectivity index (χ1v) is 18.2. The second-order valence-corrected chi connectivity index (χ2v) is 19.6. The van der Waals surface area contributed by atoms with Gasteiger partial charge in [0.15, 0.2) is 10.0 Å². The molecule has 0 saturated heterocycles. The van der Waals surface area contributed by atoms with E-state index in [1.54, 1.807) is 11.7 Å². The molecule has 0 N–H and O–H groups in total. The average Bonchev–Trinajstić information content (AvgIpc) is 3.26. The Morgan fingerprint density at radius 1 is 1.28 bits per heavy atom. The SMILES string of the molecule is [C-]#[N+]C1(N(CCCC[Si](C)(C)C)S(=O)(=O)c2cc(Br)c3c(c2)c(-c2nnc(C(F)F)s2)nn3C)CC1. The first-order chi connectivity index (χ1) is 16.8. The van der Waals surface area contributed by atoms with Gasteiger partial charge < -0.3 is 0 Å². The van der Waals surface area contributed by atoms with Gasteiger partial charge in [-0.15, -0.1) is 14.5 Å². The molecule has 0 amide bonds. The molecular weight excluding hydrogens is 590 g/mol. The second-order valence-electron chi connectivity index (χ2n) is 10.2. The largest absolute Gasteiger partial charge is 0.301 e. The normalized spacial score (nSPS) is 15.7. The fraction of sp³-hybridized carbons (Fsp3) is 0.545. The van der Waals surface area contributed by atoms with Crippen molar-refractivity contribution >= 4 is 56.3 Å². The molecule has 194 valence electrons. The predicted octanol–water partition coefficient (Wildman–Crippen LogP) is 6.31. The first kappa shape index (κ1) is 27.2. The summed E-state index contributed by atoms with van der Waals surface area (Å²) in [6.45, 7) is 14.8. The predicted molar refractivity (Wildman–Crippen MR) is 142 cm³/mol. The van der Waals surface area contributed by atoms with Gasteiger partial charge in [0.05, 0.1) is 23.3 Å². The summed E-state index contributed by atoms with van der Waals surface area (Å²) in [6.07, 6.45) is -0.149. The van der Waals surface area contributed by atoms with Crippen LogP contribution in [-0.2, 0) is 17.1 Å². The van der Waals surface area contributed by atoms with Gasteiger partial charge in [0.1, 0.15) is 5.69 Å². The molecule has 0 aliphatic heterocycles. The Morgan fingerprint density at radius 3 is 2.53 bits per heavy atom. The molecule has 14 heteroatoms. The molecule has 3 aromatic rings. The zero-order valence-electron chi connectivity index (χ0n) is 20.4. The van der Waals surface area contributed by atoms with Crippen LogP contribution < -0.4 is 0 Å². The number of hydrogen-bond donors (Lipinski definition) is 0. The van der Waals surface area contributed by atoms with Crippen LogP contribution in [0.3, 0.4) is 0 Å². The molecule has 8 nitrogen and oxygen atoms in total. The highest BCUT2D eigenvalue weighted by Crippen LogP contribution is 2.47. The summed E-state index contributed by atoms with van der Waals surface area (Å²) in [5.41, 5.74) is -0.156. The zero-order chi connectivity index (χ0) is 26.5. The lowest BCUT2D eigenvalue weighted by molar-refractivity contribution is 0.150. The minimum absolute atomic E-state index is 0.0230. The van der Waals surface area contributed by atoms with E-state index in [-0.39, 0.29) is 22.1 Å². The van der Waals surface area contributed by atoms with E-state index < -0.39 is 35.2 Å². The summed E-state index contributed by atoms with van der Waals surface area (Å²) in [5, 5.41) is 12.0. The van der Waals surface area contributed by atoms with Gasteiger partial charge in [0.25, 0.3) is 6.43 Å². The fourth-order valence-electron chi connectivity index (χ4n) is 4.18. The van der Waals surface area contributed by atoms with E-state index in [0.29, 0.717) is 34.6 Å². The molecule has 2 aromatic heterocycles.